The van der Waals surface area contributed by atoms with E-state index in [0.29, 0.717) is 5.92 Å². The number of fused-ring (bicyclic) bond motifs is 1. The third-order valence-corrected chi connectivity index (χ3v) is 3.84. The molecule has 0 aliphatic rings. The molecule has 1 heterocycles. The Morgan fingerprint density at radius 1 is 1.40 bits per heavy atom. The summed E-state index contributed by atoms with van der Waals surface area (Å²) in [5.74, 6) is 0.651. The second kappa shape index (κ2) is 4.31. The molecule has 0 amide bonds. The van der Waals surface area contributed by atoms with Gasteiger partial charge >= 0.3 is 0 Å². The molecule has 1 atom stereocenters. The first-order valence-electron chi connectivity index (χ1n) is 5.56. The molecule has 1 aromatic carbocycles. The van der Waals surface area contributed by atoms with E-state index in [-0.39, 0.29) is 0 Å². The van der Waals surface area contributed by atoms with Crippen LogP contribution < -0.4 is 0 Å². The topological polar surface area (TPSA) is 12.9 Å². The number of aryl methyl sites for hydroxylation is 1. The Labute approximate surface area is 95.2 Å². The minimum absolute atomic E-state index is 0.651. The lowest BCUT2D eigenvalue weighted by molar-refractivity contribution is 0.669. The van der Waals surface area contributed by atoms with Crippen molar-refractivity contribution < 1.29 is 0 Å². The van der Waals surface area contributed by atoms with Gasteiger partial charge in [-0.25, -0.2) is 4.98 Å². The summed E-state index contributed by atoms with van der Waals surface area (Å²) in [5.41, 5.74) is 5.92. The smallest absolute Gasteiger partial charge is 0.0844 e. The quantitative estimate of drug-likeness (QED) is 0.740. The highest BCUT2D eigenvalue weighted by Crippen LogP contribution is 2.32. The van der Waals surface area contributed by atoms with Gasteiger partial charge in [-0.2, -0.15) is 0 Å². The van der Waals surface area contributed by atoms with E-state index in [1.54, 1.807) is 11.3 Å². The summed E-state index contributed by atoms with van der Waals surface area (Å²) in [6.45, 7) is 6.69. The summed E-state index contributed by atoms with van der Waals surface area (Å²) < 4.78 is 1.39. The Morgan fingerprint density at radius 2 is 2.20 bits per heavy atom. The average Bonchev–Trinajstić information content (AvgIpc) is 2.68. The molecule has 1 aromatic heterocycles. The summed E-state index contributed by atoms with van der Waals surface area (Å²) in [4.78, 5) is 4.44. The van der Waals surface area contributed by atoms with Gasteiger partial charge in [0.1, 0.15) is 0 Å². The van der Waals surface area contributed by atoms with Crippen LogP contribution in [-0.2, 0) is 0 Å². The monoisotopic (exact) mass is 219 g/mol. The van der Waals surface area contributed by atoms with Crippen LogP contribution in [0.15, 0.2) is 17.6 Å². The molecule has 2 heteroatoms. The van der Waals surface area contributed by atoms with Crippen molar-refractivity contribution in [1.82, 2.24) is 4.98 Å². The van der Waals surface area contributed by atoms with E-state index in [2.05, 4.69) is 37.9 Å². The molecule has 0 bridgehead atoms. The lowest BCUT2D eigenvalue weighted by atomic mass is 9.95. The van der Waals surface area contributed by atoms with Crippen LogP contribution >= 0.6 is 11.3 Å². The molecule has 1 nitrogen and oxygen atoms in total. The fourth-order valence-corrected chi connectivity index (χ4v) is 3.07. The van der Waals surface area contributed by atoms with Crippen molar-refractivity contribution in [3.63, 3.8) is 0 Å². The van der Waals surface area contributed by atoms with Gasteiger partial charge in [-0.3, -0.25) is 0 Å². The van der Waals surface area contributed by atoms with Crippen molar-refractivity contribution in [3.05, 3.63) is 28.8 Å². The zero-order chi connectivity index (χ0) is 10.8. The van der Waals surface area contributed by atoms with Crippen molar-refractivity contribution in [1.29, 1.82) is 0 Å². The Bertz CT molecular complexity index is 459. The average molecular weight is 219 g/mol. The van der Waals surface area contributed by atoms with E-state index in [0.717, 1.165) is 0 Å². The molecule has 0 saturated heterocycles. The number of thiazole rings is 1. The summed E-state index contributed by atoms with van der Waals surface area (Å²) >= 11 is 1.77. The lowest BCUT2D eigenvalue weighted by Crippen LogP contribution is -1.93. The second-order valence-electron chi connectivity index (χ2n) is 4.19. The van der Waals surface area contributed by atoms with Crippen molar-refractivity contribution in [2.45, 2.75) is 39.5 Å². The van der Waals surface area contributed by atoms with E-state index in [9.17, 15) is 0 Å². The van der Waals surface area contributed by atoms with Gasteiger partial charge in [-0.05, 0) is 30.4 Å². The molecule has 0 aliphatic heterocycles. The van der Waals surface area contributed by atoms with E-state index in [4.69, 9.17) is 0 Å². The molecule has 80 valence electrons. The standard InChI is InChI=1S/C13H17NS/c1-4-5-9(2)11-7-6-10(3)12-13(11)15-8-14-12/h6-9H,4-5H2,1-3H3. The number of aromatic nitrogens is 1. The molecule has 2 rings (SSSR count). The van der Waals surface area contributed by atoms with Crippen LogP contribution in [0.5, 0.6) is 0 Å². The number of rotatable bonds is 3. The predicted octanol–water partition coefficient (Wildman–Crippen LogP) is 4.51. The maximum absolute atomic E-state index is 4.44. The molecule has 0 aliphatic carbocycles. The molecule has 0 radical (unpaired) electrons. The Kier molecular flexibility index (Phi) is 3.06. The normalized spacial score (nSPS) is 13.3. The van der Waals surface area contributed by atoms with E-state index in [1.165, 1.54) is 34.2 Å². The highest BCUT2D eigenvalue weighted by Gasteiger charge is 2.11. The van der Waals surface area contributed by atoms with Gasteiger partial charge < -0.3 is 0 Å². The van der Waals surface area contributed by atoms with E-state index in [1.807, 2.05) is 5.51 Å². The number of nitrogens with zero attached hydrogens (tertiary/aromatic N) is 1. The van der Waals surface area contributed by atoms with Gasteiger partial charge in [0, 0.05) is 0 Å². The van der Waals surface area contributed by atoms with E-state index < -0.39 is 0 Å². The van der Waals surface area contributed by atoms with E-state index >= 15 is 0 Å². The van der Waals surface area contributed by atoms with Gasteiger partial charge in [0.05, 0.1) is 15.7 Å². The maximum atomic E-state index is 4.44. The molecule has 15 heavy (non-hydrogen) atoms. The third-order valence-electron chi connectivity index (χ3n) is 2.97. The highest BCUT2D eigenvalue weighted by atomic mass is 32.1. The molecule has 0 fully saturated rings. The molecule has 0 saturated carbocycles. The van der Waals surface area contributed by atoms with Gasteiger partial charge in [0.2, 0.25) is 0 Å². The number of hydrogen-bond acceptors (Lipinski definition) is 2. The zero-order valence-electron chi connectivity index (χ0n) is 9.58. The Balaban J connectivity index is 2.52. The molecule has 1 unspecified atom stereocenters. The number of hydrogen-bond donors (Lipinski definition) is 0. The Morgan fingerprint density at radius 3 is 2.93 bits per heavy atom. The third kappa shape index (κ3) is 1.91. The van der Waals surface area contributed by atoms with Crippen LogP contribution in [0.2, 0.25) is 0 Å². The first kappa shape index (κ1) is 10.6. The van der Waals surface area contributed by atoms with Gasteiger partial charge in [0.25, 0.3) is 0 Å². The SMILES string of the molecule is CCCC(C)c1ccc(C)c2ncsc12. The zero-order valence-corrected chi connectivity index (χ0v) is 10.4. The minimum atomic E-state index is 0.651. The van der Waals surface area contributed by atoms with Crippen LogP contribution in [0.4, 0.5) is 0 Å². The first-order chi connectivity index (χ1) is 7.24. The van der Waals surface area contributed by atoms with Crippen LogP contribution in [0.1, 0.15) is 43.7 Å². The molecule has 0 spiro atoms. The highest BCUT2D eigenvalue weighted by molar-refractivity contribution is 7.17. The first-order valence-corrected chi connectivity index (χ1v) is 6.44. The molecular formula is C13H17NS. The van der Waals surface area contributed by atoms with Gasteiger partial charge in [0.15, 0.2) is 0 Å². The van der Waals surface area contributed by atoms with Gasteiger partial charge in [-0.15, -0.1) is 11.3 Å². The predicted molar refractivity (Wildman–Crippen MR) is 67.7 cm³/mol. The summed E-state index contributed by atoms with van der Waals surface area (Å²) in [5, 5.41) is 0. The largest absolute Gasteiger partial charge is 0.244 e. The fraction of sp³-hybridized carbons (Fsp3) is 0.462. The van der Waals surface area contributed by atoms with Gasteiger partial charge in [-0.1, -0.05) is 32.4 Å². The summed E-state index contributed by atoms with van der Waals surface area (Å²) in [6, 6.07) is 4.47. The van der Waals surface area contributed by atoms with Crippen molar-refractivity contribution in [2.75, 3.05) is 0 Å². The van der Waals surface area contributed by atoms with Crippen molar-refractivity contribution >= 4 is 21.6 Å². The fourth-order valence-electron chi connectivity index (χ4n) is 2.08. The number of benzene rings is 1. The molecule has 2 aromatic rings. The minimum Gasteiger partial charge on any atom is -0.244 e. The second-order valence-corrected chi connectivity index (χ2v) is 5.05. The lowest BCUT2D eigenvalue weighted by Gasteiger charge is -2.11. The summed E-state index contributed by atoms with van der Waals surface area (Å²) in [6.07, 6.45) is 2.51. The molecular weight excluding hydrogens is 202 g/mol. The van der Waals surface area contributed by atoms with Crippen molar-refractivity contribution in [3.8, 4) is 0 Å². The van der Waals surface area contributed by atoms with Crippen molar-refractivity contribution in [2.24, 2.45) is 0 Å². The van der Waals surface area contributed by atoms with Crippen LogP contribution in [0.25, 0.3) is 10.2 Å². The molecule has 0 N–H and O–H groups in total. The Hall–Kier alpha value is -0.890. The van der Waals surface area contributed by atoms with Crippen LogP contribution in [0.3, 0.4) is 0 Å². The van der Waals surface area contributed by atoms with Crippen LogP contribution in [0, 0.1) is 6.92 Å². The maximum Gasteiger partial charge on any atom is 0.0844 e. The van der Waals surface area contributed by atoms with Crippen LogP contribution in [-0.4, -0.2) is 4.98 Å². The summed E-state index contributed by atoms with van der Waals surface area (Å²) in [7, 11) is 0.